The van der Waals surface area contributed by atoms with Crippen LogP contribution in [0.4, 0.5) is 0 Å². The van der Waals surface area contributed by atoms with E-state index >= 15 is 0 Å². The molecule has 0 unspecified atom stereocenters. The molecule has 0 fully saturated rings. The molecule has 5 heteroatoms. The van der Waals surface area contributed by atoms with E-state index < -0.39 is 5.54 Å². The molecule has 0 spiro atoms. The normalized spacial score (nSPS) is 11.4. The lowest BCUT2D eigenvalue weighted by Gasteiger charge is -2.23. The van der Waals surface area contributed by atoms with E-state index in [9.17, 15) is 4.79 Å². The van der Waals surface area contributed by atoms with Gasteiger partial charge in [-0.05, 0) is 24.6 Å². The zero-order valence-corrected chi connectivity index (χ0v) is 12.5. The number of hydrogen-bond acceptors (Lipinski definition) is 4. The van der Waals surface area contributed by atoms with Crippen LogP contribution in [0.15, 0.2) is 54.6 Å². The van der Waals surface area contributed by atoms with Crippen molar-refractivity contribution in [2.75, 3.05) is 0 Å². The Bertz CT molecular complexity index is 776. The highest BCUT2D eigenvalue weighted by molar-refractivity contribution is 5.76. The maximum Gasteiger partial charge on any atom is 0.204 e. The largest absolute Gasteiger partial charge is 0.298 e. The van der Waals surface area contributed by atoms with Crippen LogP contribution in [-0.4, -0.2) is 26.5 Å². The number of nitrogens with zero attached hydrogens (tertiary/aromatic N) is 4. The Morgan fingerprint density at radius 3 is 2.32 bits per heavy atom. The second kappa shape index (κ2) is 5.52. The molecule has 0 aliphatic carbocycles. The van der Waals surface area contributed by atoms with Gasteiger partial charge in [0.1, 0.15) is 11.8 Å². The van der Waals surface area contributed by atoms with Gasteiger partial charge >= 0.3 is 0 Å². The fraction of sp³-hybridized carbons (Fsp3) is 0.176. The van der Waals surface area contributed by atoms with Crippen LogP contribution < -0.4 is 0 Å². The van der Waals surface area contributed by atoms with Crippen molar-refractivity contribution in [1.82, 2.24) is 20.2 Å². The van der Waals surface area contributed by atoms with E-state index in [4.69, 9.17) is 0 Å². The first-order chi connectivity index (χ1) is 10.6. The molecule has 5 nitrogen and oxygen atoms in total. The van der Waals surface area contributed by atoms with E-state index in [1.807, 2.05) is 56.3 Å². The Morgan fingerprint density at radius 2 is 1.68 bits per heavy atom. The summed E-state index contributed by atoms with van der Waals surface area (Å²) < 4.78 is 0. The molecule has 0 saturated heterocycles. The van der Waals surface area contributed by atoms with Crippen molar-refractivity contribution < 1.29 is 4.79 Å². The number of tetrazole rings is 1. The van der Waals surface area contributed by atoms with Gasteiger partial charge < -0.3 is 0 Å². The smallest absolute Gasteiger partial charge is 0.204 e. The van der Waals surface area contributed by atoms with Gasteiger partial charge in [-0.15, -0.1) is 10.2 Å². The van der Waals surface area contributed by atoms with Crippen molar-refractivity contribution in [2.24, 2.45) is 0 Å². The predicted molar refractivity (Wildman–Crippen MR) is 83.5 cm³/mol. The van der Waals surface area contributed by atoms with E-state index in [2.05, 4.69) is 15.4 Å². The van der Waals surface area contributed by atoms with Crippen molar-refractivity contribution in [3.8, 4) is 11.4 Å². The third-order valence-electron chi connectivity index (χ3n) is 3.70. The highest BCUT2D eigenvalue weighted by atomic mass is 16.1. The maximum atomic E-state index is 10.7. The highest BCUT2D eigenvalue weighted by Crippen LogP contribution is 2.24. The van der Waals surface area contributed by atoms with E-state index in [0.717, 1.165) is 17.4 Å². The van der Waals surface area contributed by atoms with Crippen LogP contribution in [0, 0.1) is 0 Å². The molecule has 0 bridgehead atoms. The van der Waals surface area contributed by atoms with E-state index in [-0.39, 0.29) is 0 Å². The number of carbonyl (C=O) groups excluding carboxylic acids is 1. The summed E-state index contributed by atoms with van der Waals surface area (Å²) >= 11 is 0. The van der Waals surface area contributed by atoms with Gasteiger partial charge in [-0.3, -0.25) is 4.79 Å². The van der Waals surface area contributed by atoms with Gasteiger partial charge in [0.15, 0.2) is 0 Å². The summed E-state index contributed by atoms with van der Waals surface area (Å²) in [6.45, 7) is 4.09. The minimum absolute atomic E-state index is 0.394. The lowest BCUT2D eigenvalue weighted by molar-refractivity contribution is 0.112. The molecular weight excluding hydrogens is 276 g/mol. The highest BCUT2D eigenvalue weighted by Gasteiger charge is 2.26. The van der Waals surface area contributed by atoms with Gasteiger partial charge in [-0.25, -0.2) is 0 Å². The molecule has 0 amide bonds. The van der Waals surface area contributed by atoms with Gasteiger partial charge in [0.2, 0.25) is 5.82 Å². The quantitative estimate of drug-likeness (QED) is 0.694. The van der Waals surface area contributed by atoms with Crippen LogP contribution in [-0.2, 0) is 5.54 Å². The van der Waals surface area contributed by atoms with Crippen LogP contribution in [0.1, 0.15) is 29.8 Å². The summed E-state index contributed by atoms with van der Waals surface area (Å²) in [6.07, 6.45) is 0.812. The topological polar surface area (TPSA) is 60.7 Å². The number of hydrogen-bond donors (Lipinski definition) is 0. The Hall–Kier alpha value is -2.82. The number of benzene rings is 2. The fourth-order valence-corrected chi connectivity index (χ4v) is 2.24. The average molecular weight is 292 g/mol. The first kappa shape index (κ1) is 14.1. The SMILES string of the molecule is CC(C)(c1ccccc1)n1nnc(-c2ccc(C=O)cc2)n1. The molecule has 0 aliphatic rings. The fourth-order valence-electron chi connectivity index (χ4n) is 2.24. The third-order valence-corrected chi connectivity index (χ3v) is 3.70. The third kappa shape index (κ3) is 2.53. The van der Waals surface area contributed by atoms with Gasteiger partial charge in [-0.2, -0.15) is 4.80 Å². The first-order valence-corrected chi connectivity index (χ1v) is 7.03. The van der Waals surface area contributed by atoms with Crippen LogP contribution in [0.25, 0.3) is 11.4 Å². The molecular formula is C17H16N4O. The van der Waals surface area contributed by atoms with Crippen LogP contribution >= 0.6 is 0 Å². The minimum atomic E-state index is -0.394. The lowest BCUT2D eigenvalue weighted by atomic mass is 9.95. The summed E-state index contributed by atoms with van der Waals surface area (Å²) in [7, 11) is 0. The second-order valence-electron chi connectivity index (χ2n) is 5.57. The molecule has 1 aromatic heterocycles. The van der Waals surface area contributed by atoms with Gasteiger partial charge in [-0.1, -0.05) is 54.6 Å². The van der Waals surface area contributed by atoms with Crippen molar-refractivity contribution in [1.29, 1.82) is 0 Å². The number of carbonyl (C=O) groups is 1. The molecule has 3 aromatic rings. The zero-order chi connectivity index (χ0) is 15.6. The van der Waals surface area contributed by atoms with Gasteiger partial charge in [0.25, 0.3) is 0 Å². The molecule has 0 saturated carbocycles. The summed E-state index contributed by atoms with van der Waals surface area (Å²) in [5.74, 6) is 0.543. The van der Waals surface area contributed by atoms with Gasteiger partial charge in [0.05, 0.1) is 0 Å². The van der Waals surface area contributed by atoms with Crippen molar-refractivity contribution in [3.05, 3.63) is 65.7 Å². The predicted octanol–water partition coefficient (Wildman–Crippen LogP) is 2.94. The number of rotatable bonds is 4. The number of aldehydes is 1. The van der Waals surface area contributed by atoms with E-state index in [0.29, 0.717) is 11.4 Å². The monoisotopic (exact) mass is 292 g/mol. The molecule has 0 atom stereocenters. The summed E-state index contributed by atoms with van der Waals surface area (Å²) in [6, 6.07) is 17.2. The summed E-state index contributed by atoms with van der Waals surface area (Å²) in [5, 5.41) is 12.8. The maximum absolute atomic E-state index is 10.7. The summed E-state index contributed by atoms with van der Waals surface area (Å²) in [4.78, 5) is 12.3. The Balaban J connectivity index is 1.94. The second-order valence-corrected chi connectivity index (χ2v) is 5.57. The Kier molecular flexibility index (Phi) is 3.55. The van der Waals surface area contributed by atoms with Crippen molar-refractivity contribution in [3.63, 3.8) is 0 Å². The lowest BCUT2D eigenvalue weighted by Crippen LogP contribution is -2.30. The minimum Gasteiger partial charge on any atom is -0.298 e. The van der Waals surface area contributed by atoms with Crippen molar-refractivity contribution >= 4 is 6.29 Å². The molecule has 22 heavy (non-hydrogen) atoms. The Morgan fingerprint density at radius 1 is 1.00 bits per heavy atom. The molecule has 1 heterocycles. The molecule has 2 aromatic carbocycles. The number of aromatic nitrogens is 4. The van der Waals surface area contributed by atoms with E-state index in [1.165, 1.54) is 0 Å². The van der Waals surface area contributed by atoms with Crippen molar-refractivity contribution in [2.45, 2.75) is 19.4 Å². The zero-order valence-electron chi connectivity index (χ0n) is 12.5. The standard InChI is InChI=1S/C17H16N4O/c1-17(2,15-6-4-3-5-7-15)21-19-16(18-20-21)14-10-8-13(12-22)9-11-14/h3-12H,1-2H3. The van der Waals surface area contributed by atoms with Crippen LogP contribution in [0.2, 0.25) is 0 Å². The van der Waals surface area contributed by atoms with Gasteiger partial charge in [0, 0.05) is 11.1 Å². The average Bonchev–Trinajstić information content (AvgIpc) is 3.06. The molecule has 0 aliphatic heterocycles. The molecule has 0 N–H and O–H groups in total. The van der Waals surface area contributed by atoms with Crippen LogP contribution in [0.5, 0.6) is 0 Å². The Labute approximate surface area is 128 Å². The molecule has 110 valence electrons. The summed E-state index contributed by atoms with van der Waals surface area (Å²) in [5.41, 5.74) is 2.17. The van der Waals surface area contributed by atoms with E-state index in [1.54, 1.807) is 16.9 Å². The van der Waals surface area contributed by atoms with Crippen LogP contribution in [0.3, 0.4) is 0 Å². The molecule has 3 rings (SSSR count). The first-order valence-electron chi connectivity index (χ1n) is 7.03. The molecule has 0 radical (unpaired) electrons.